The molecule has 0 bridgehead atoms. The molecule has 1 aliphatic rings. The number of methoxy groups -OCH3 is 1. The topological polar surface area (TPSA) is 33.5 Å². The first-order valence-corrected chi connectivity index (χ1v) is 9.75. The number of ether oxygens (including phenoxy) is 1. The number of anilines is 1. The number of halogens is 3. The monoisotopic (exact) mass is 416 g/mol. The molecule has 1 saturated heterocycles. The number of nitrogens with zero attached hydrogens (tertiary/aromatic N) is 4. The molecule has 2 heterocycles. The second-order valence-corrected chi connectivity index (χ2v) is 7.26. The molecule has 0 spiro atoms. The summed E-state index contributed by atoms with van der Waals surface area (Å²) in [4.78, 5) is 9.01. The molecule has 0 saturated carbocycles. The molecule has 0 amide bonds. The zero-order valence-electron chi connectivity index (χ0n) is 16.6. The Morgan fingerprint density at radius 1 is 1.00 bits per heavy atom. The Labute approximate surface area is 173 Å². The Kier molecular flexibility index (Phi) is 5.67. The number of alkyl halides is 3. The summed E-state index contributed by atoms with van der Waals surface area (Å²) < 4.78 is 45.5. The van der Waals surface area contributed by atoms with Crippen LogP contribution in [0.1, 0.15) is 11.1 Å². The fourth-order valence-electron chi connectivity index (χ4n) is 3.65. The molecule has 0 radical (unpaired) electrons. The molecule has 0 unspecified atom stereocenters. The van der Waals surface area contributed by atoms with Crippen LogP contribution < -0.4 is 9.64 Å². The van der Waals surface area contributed by atoms with E-state index < -0.39 is 11.7 Å². The van der Waals surface area contributed by atoms with Crippen LogP contribution in [0, 0.1) is 0 Å². The number of rotatable bonds is 5. The van der Waals surface area contributed by atoms with Gasteiger partial charge in [-0.2, -0.15) is 13.2 Å². The first-order valence-electron chi connectivity index (χ1n) is 9.75. The molecular weight excluding hydrogens is 393 g/mol. The van der Waals surface area contributed by atoms with Gasteiger partial charge in [0, 0.05) is 51.2 Å². The highest BCUT2D eigenvalue weighted by Gasteiger charge is 2.30. The van der Waals surface area contributed by atoms with Crippen LogP contribution in [0.3, 0.4) is 0 Å². The van der Waals surface area contributed by atoms with Crippen molar-refractivity contribution in [2.45, 2.75) is 12.7 Å². The summed E-state index contributed by atoms with van der Waals surface area (Å²) in [5, 5.41) is 0. The molecule has 8 heteroatoms. The van der Waals surface area contributed by atoms with E-state index >= 15 is 0 Å². The van der Waals surface area contributed by atoms with Crippen LogP contribution in [-0.4, -0.2) is 47.7 Å². The van der Waals surface area contributed by atoms with Crippen molar-refractivity contribution in [3.05, 3.63) is 72.1 Å². The summed E-state index contributed by atoms with van der Waals surface area (Å²) in [6.45, 7) is 3.84. The van der Waals surface area contributed by atoms with Crippen LogP contribution in [0.25, 0.3) is 5.69 Å². The first-order chi connectivity index (χ1) is 14.4. The van der Waals surface area contributed by atoms with Gasteiger partial charge in [-0.15, -0.1) is 0 Å². The Balaban J connectivity index is 1.39. The fraction of sp³-hybridized carbons (Fsp3) is 0.318. The smallest absolute Gasteiger partial charge is 0.416 e. The average molecular weight is 416 g/mol. The highest BCUT2D eigenvalue weighted by molar-refractivity contribution is 5.47. The lowest BCUT2D eigenvalue weighted by atomic mass is 10.1. The predicted octanol–water partition coefficient (Wildman–Crippen LogP) is 4.22. The molecule has 0 N–H and O–H groups in total. The van der Waals surface area contributed by atoms with Crippen molar-refractivity contribution in [1.82, 2.24) is 14.5 Å². The van der Waals surface area contributed by atoms with E-state index in [2.05, 4.69) is 14.8 Å². The maximum atomic E-state index is 12.7. The third-order valence-corrected chi connectivity index (χ3v) is 5.30. The summed E-state index contributed by atoms with van der Waals surface area (Å²) in [6.07, 6.45) is -0.586. The van der Waals surface area contributed by atoms with Crippen LogP contribution in [-0.2, 0) is 12.7 Å². The summed E-state index contributed by atoms with van der Waals surface area (Å²) in [7, 11) is 1.64. The lowest BCUT2D eigenvalue weighted by Gasteiger charge is -2.35. The first kappa shape index (κ1) is 20.3. The predicted molar refractivity (Wildman–Crippen MR) is 109 cm³/mol. The van der Waals surface area contributed by atoms with Gasteiger partial charge in [0.1, 0.15) is 5.75 Å². The quantitative estimate of drug-likeness (QED) is 0.624. The summed E-state index contributed by atoms with van der Waals surface area (Å²) in [6, 6.07) is 13.2. The van der Waals surface area contributed by atoms with Gasteiger partial charge in [-0.1, -0.05) is 18.2 Å². The lowest BCUT2D eigenvalue weighted by Crippen LogP contribution is -2.46. The molecule has 0 atom stereocenters. The number of imidazole rings is 1. The van der Waals surface area contributed by atoms with Crippen LogP contribution in [0.5, 0.6) is 5.75 Å². The molecule has 1 aliphatic heterocycles. The van der Waals surface area contributed by atoms with Gasteiger partial charge < -0.3 is 9.64 Å². The molecule has 5 nitrogen and oxygen atoms in total. The second-order valence-electron chi connectivity index (χ2n) is 7.26. The van der Waals surface area contributed by atoms with E-state index in [4.69, 9.17) is 4.74 Å². The summed E-state index contributed by atoms with van der Waals surface area (Å²) in [5.41, 5.74) is 1.25. The van der Waals surface area contributed by atoms with Crippen LogP contribution in [0.4, 0.5) is 19.1 Å². The van der Waals surface area contributed by atoms with Gasteiger partial charge in [0.25, 0.3) is 0 Å². The van der Waals surface area contributed by atoms with E-state index in [0.717, 1.165) is 61.3 Å². The minimum Gasteiger partial charge on any atom is -0.497 e. The fourth-order valence-corrected chi connectivity index (χ4v) is 3.65. The van der Waals surface area contributed by atoms with Crippen molar-refractivity contribution in [3.8, 4) is 11.4 Å². The van der Waals surface area contributed by atoms with Crippen LogP contribution in [0.2, 0.25) is 0 Å². The molecule has 158 valence electrons. The normalized spacial score (nSPS) is 15.4. The Morgan fingerprint density at radius 3 is 2.40 bits per heavy atom. The minimum absolute atomic E-state index is 0.611. The molecule has 1 aromatic heterocycles. The third kappa shape index (κ3) is 4.43. The third-order valence-electron chi connectivity index (χ3n) is 5.30. The molecule has 3 aromatic rings. The van der Waals surface area contributed by atoms with Crippen molar-refractivity contribution in [2.24, 2.45) is 0 Å². The molecule has 2 aromatic carbocycles. The second kappa shape index (κ2) is 8.39. The van der Waals surface area contributed by atoms with Crippen molar-refractivity contribution >= 4 is 5.95 Å². The standard InChI is InChI=1S/C22H23F3N4O/c1-30-20-4-2-3-19(15-20)29-10-9-26-21(29)28-13-11-27(12-14-28)16-17-5-7-18(8-6-17)22(23,24)25/h2-10,15H,11-14,16H2,1H3. The van der Waals surface area contributed by atoms with Crippen LogP contribution >= 0.6 is 0 Å². The molecule has 0 aliphatic carbocycles. The van der Waals surface area contributed by atoms with Gasteiger partial charge in [0.15, 0.2) is 0 Å². The Morgan fingerprint density at radius 2 is 1.73 bits per heavy atom. The molecule has 30 heavy (non-hydrogen) atoms. The van der Waals surface area contributed by atoms with E-state index in [1.807, 2.05) is 35.0 Å². The van der Waals surface area contributed by atoms with E-state index in [1.165, 1.54) is 0 Å². The highest BCUT2D eigenvalue weighted by Crippen LogP contribution is 2.29. The van der Waals surface area contributed by atoms with Crippen molar-refractivity contribution in [3.63, 3.8) is 0 Å². The minimum atomic E-state index is -4.30. The lowest BCUT2D eigenvalue weighted by molar-refractivity contribution is -0.137. The molecule has 4 rings (SSSR count). The average Bonchev–Trinajstić information content (AvgIpc) is 3.24. The highest BCUT2D eigenvalue weighted by atomic mass is 19.4. The van der Waals surface area contributed by atoms with Gasteiger partial charge in [0.05, 0.1) is 18.4 Å². The van der Waals surface area contributed by atoms with Crippen molar-refractivity contribution in [1.29, 1.82) is 0 Å². The number of hydrogen-bond acceptors (Lipinski definition) is 4. The van der Waals surface area contributed by atoms with Gasteiger partial charge >= 0.3 is 6.18 Å². The van der Waals surface area contributed by atoms with E-state index in [-0.39, 0.29) is 0 Å². The maximum Gasteiger partial charge on any atom is 0.416 e. The van der Waals surface area contributed by atoms with Gasteiger partial charge in [-0.3, -0.25) is 9.47 Å². The summed E-state index contributed by atoms with van der Waals surface area (Å²) in [5.74, 6) is 1.66. The van der Waals surface area contributed by atoms with Gasteiger partial charge in [0.2, 0.25) is 5.95 Å². The Bertz CT molecular complexity index is 977. The number of hydrogen-bond donors (Lipinski definition) is 0. The van der Waals surface area contributed by atoms with Crippen molar-refractivity contribution in [2.75, 3.05) is 38.2 Å². The van der Waals surface area contributed by atoms with E-state index in [1.54, 1.807) is 25.4 Å². The van der Waals surface area contributed by atoms with Gasteiger partial charge in [-0.05, 0) is 29.8 Å². The molecular formula is C22H23F3N4O. The SMILES string of the molecule is COc1cccc(-n2ccnc2N2CCN(Cc3ccc(C(F)(F)F)cc3)CC2)c1. The zero-order chi connectivity index (χ0) is 21.1. The summed E-state index contributed by atoms with van der Waals surface area (Å²) >= 11 is 0. The van der Waals surface area contributed by atoms with Gasteiger partial charge in [-0.25, -0.2) is 4.98 Å². The number of piperazine rings is 1. The van der Waals surface area contributed by atoms with Crippen molar-refractivity contribution < 1.29 is 17.9 Å². The number of aromatic nitrogens is 2. The largest absolute Gasteiger partial charge is 0.497 e. The Hall–Kier alpha value is -3.00. The maximum absolute atomic E-state index is 12.7. The molecule has 1 fully saturated rings. The van der Waals surface area contributed by atoms with E-state index in [9.17, 15) is 13.2 Å². The zero-order valence-corrected chi connectivity index (χ0v) is 16.6. The number of benzene rings is 2. The van der Waals surface area contributed by atoms with E-state index in [0.29, 0.717) is 6.54 Å². The van der Waals surface area contributed by atoms with Crippen LogP contribution in [0.15, 0.2) is 60.9 Å².